The molecule has 0 saturated carbocycles. The second-order valence-electron chi connectivity index (χ2n) is 9.60. The molecule has 0 bridgehead atoms. The van der Waals surface area contributed by atoms with E-state index in [1.54, 1.807) is 53.8 Å². The maximum absolute atomic E-state index is 13.8. The average Bonchev–Trinajstić information content (AvgIpc) is 3.37. The lowest BCUT2D eigenvalue weighted by Gasteiger charge is -2.34. The number of sulfonamides is 1. The summed E-state index contributed by atoms with van der Waals surface area (Å²) in [4.78, 5) is 22.3. The van der Waals surface area contributed by atoms with Crippen molar-refractivity contribution in [1.82, 2.24) is 14.2 Å². The van der Waals surface area contributed by atoms with Crippen LogP contribution in [0.2, 0.25) is 0 Å². The van der Waals surface area contributed by atoms with Gasteiger partial charge in [-0.25, -0.2) is 13.4 Å². The molecule has 0 spiro atoms. The molecule has 1 saturated heterocycles. The van der Waals surface area contributed by atoms with Crippen LogP contribution in [-0.4, -0.2) is 82.5 Å². The third-order valence-corrected chi connectivity index (χ3v) is 9.96. The highest BCUT2D eigenvalue weighted by Gasteiger charge is 2.33. The molecule has 0 aliphatic carbocycles. The van der Waals surface area contributed by atoms with Crippen LogP contribution in [-0.2, 0) is 10.0 Å². The van der Waals surface area contributed by atoms with Gasteiger partial charge in [0.05, 0.1) is 19.1 Å². The monoisotopic (exact) mass is 560 g/mol. The first-order valence-corrected chi connectivity index (χ1v) is 15.1. The smallest absolute Gasteiger partial charge is 0.260 e. The van der Waals surface area contributed by atoms with E-state index in [9.17, 15) is 13.2 Å². The van der Waals surface area contributed by atoms with Crippen molar-refractivity contribution < 1.29 is 22.7 Å². The van der Waals surface area contributed by atoms with E-state index in [2.05, 4.69) is 0 Å². The molecule has 1 amide bonds. The van der Waals surface area contributed by atoms with Gasteiger partial charge in [-0.05, 0) is 69.8 Å². The minimum atomic E-state index is -3.63. The fraction of sp³-hybridized carbons (Fsp3) is 0.481. The maximum Gasteiger partial charge on any atom is 0.260 e. The van der Waals surface area contributed by atoms with Crippen LogP contribution >= 0.6 is 11.3 Å². The average molecular weight is 561 g/mol. The largest absolute Gasteiger partial charge is 0.495 e. The summed E-state index contributed by atoms with van der Waals surface area (Å²) < 4.78 is 40.2. The Morgan fingerprint density at radius 3 is 2.37 bits per heavy atom. The summed E-state index contributed by atoms with van der Waals surface area (Å²) in [6, 6.07) is 9.90. The van der Waals surface area contributed by atoms with E-state index in [1.807, 2.05) is 32.0 Å². The number of aromatic nitrogens is 1. The summed E-state index contributed by atoms with van der Waals surface area (Å²) in [5, 5.41) is 0.519. The number of benzene rings is 2. The van der Waals surface area contributed by atoms with Crippen molar-refractivity contribution >= 4 is 42.6 Å². The number of piperidine rings is 1. The highest BCUT2D eigenvalue weighted by molar-refractivity contribution is 7.89. The molecule has 9 nitrogen and oxygen atoms in total. The Balaban J connectivity index is 1.67. The zero-order valence-electron chi connectivity index (χ0n) is 22.6. The van der Waals surface area contributed by atoms with E-state index in [1.165, 1.54) is 11.3 Å². The van der Waals surface area contributed by atoms with Crippen LogP contribution in [0.25, 0.3) is 10.2 Å². The molecule has 2 aromatic carbocycles. The molecule has 11 heteroatoms. The van der Waals surface area contributed by atoms with Gasteiger partial charge in [0.25, 0.3) is 5.91 Å². The zero-order valence-corrected chi connectivity index (χ0v) is 24.3. The molecule has 4 rings (SSSR count). The number of thiazole rings is 1. The second kappa shape index (κ2) is 12.0. The Morgan fingerprint density at radius 1 is 1.05 bits per heavy atom. The minimum absolute atomic E-state index is 0.0181. The number of carbonyl (C=O) groups excluding carboxylic acids is 1. The standard InChI is InChI=1S/C27H36N4O5S2/c1-6-20-9-7-8-16-31(20)38(33,34)21-12-10-19(11-13-21)26(32)30(18-17-29(2)3)27-28-24-22(35-4)14-15-23(36-5)25(24)37-27/h10-15,20H,6-9,16-18H2,1-5H3. The Labute approximate surface area is 229 Å². The zero-order chi connectivity index (χ0) is 27.4. The van der Waals surface area contributed by atoms with E-state index in [4.69, 9.17) is 14.5 Å². The van der Waals surface area contributed by atoms with Gasteiger partial charge in [0.1, 0.15) is 21.7 Å². The summed E-state index contributed by atoms with van der Waals surface area (Å²) in [6.45, 7) is 3.58. The van der Waals surface area contributed by atoms with Gasteiger partial charge in [-0.1, -0.05) is 24.7 Å². The summed E-state index contributed by atoms with van der Waals surface area (Å²) in [7, 11) is 3.43. The number of nitrogens with zero attached hydrogens (tertiary/aromatic N) is 4. The fourth-order valence-electron chi connectivity index (χ4n) is 4.73. The number of rotatable bonds is 10. The van der Waals surface area contributed by atoms with Gasteiger partial charge in [-0.15, -0.1) is 0 Å². The molecule has 3 aromatic rings. The van der Waals surface area contributed by atoms with Gasteiger partial charge >= 0.3 is 0 Å². The number of amides is 1. The van der Waals surface area contributed by atoms with Gasteiger partial charge in [0, 0.05) is 31.2 Å². The number of methoxy groups -OCH3 is 2. The number of carbonyl (C=O) groups is 1. The molecule has 2 heterocycles. The van der Waals surface area contributed by atoms with Crippen LogP contribution in [0.15, 0.2) is 41.3 Å². The molecule has 1 aliphatic rings. The first kappa shape index (κ1) is 28.3. The van der Waals surface area contributed by atoms with Crippen LogP contribution in [0.5, 0.6) is 11.5 Å². The van der Waals surface area contributed by atoms with Gasteiger partial charge in [-0.2, -0.15) is 4.31 Å². The number of ether oxygens (including phenoxy) is 2. The van der Waals surface area contributed by atoms with Crippen LogP contribution < -0.4 is 14.4 Å². The van der Waals surface area contributed by atoms with Gasteiger partial charge in [-0.3, -0.25) is 9.69 Å². The van der Waals surface area contributed by atoms with Crippen molar-refractivity contribution in [2.24, 2.45) is 0 Å². The molecule has 1 atom stereocenters. The van der Waals surface area contributed by atoms with Gasteiger partial charge in [0.15, 0.2) is 5.13 Å². The predicted octanol–water partition coefficient (Wildman–Crippen LogP) is 4.48. The van der Waals surface area contributed by atoms with Crippen LogP contribution in [0.3, 0.4) is 0 Å². The predicted molar refractivity (Wildman–Crippen MR) is 151 cm³/mol. The number of hydrogen-bond donors (Lipinski definition) is 0. The number of anilines is 1. The molecule has 1 fully saturated rings. The highest BCUT2D eigenvalue weighted by Crippen LogP contribution is 2.40. The molecule has 1 aromatic heterocycles. The lowest BCUT2D eigenvalue weighted by atomic mass is 10.0. The molecule has 1 unspecified atom stereocenters. The Bertz CT molecular complexity index is 1330. The van der Waals surface area contributed by atoms with Crippen LogP contribution in [0, 0.1) is 0 Å². The molecular weight excluding hydrogens is 524 g/mol. The van der Waals surface area contributed by atoms with E-state index in [-0.39, 0.29) is 16.8 Å². The number of likely N-dealkylation sites (N-methyl/N-ethyl adjacent to an activating group) is 1. The van der Waals surface area contributed by atoms with Crippen molar-refractivity contribution in [2.75, 3.05) is 52.8 Å². The quantitative estimate of drug-likeness (QED) is 0.361. The Kier molecular flexibility index (Phi) is 8.92. The molecular formula is C27H36N4O5S2. The molecule has 38 heavy (non-hydrogen) atoms. The topological polar surface area (TPSA) is 92.3 Å². The van der Waals surface area contributed by atoms with E-state index in [0.29, 0.717) is 47.3 Å². The highest BCUT2D eigenvalue weighted by atomic mass is 32.2. The molecule has 0 N–H and O–H groups in total. The first-order valence-electron chi connectivity index (χ1n) is 12.8. The summed E-state index contributed by atoms with van der Waals surface area (Å²) in [5.41, 5.74) is 1.02. The molecule has 1 aliphatic heterocycles. The van der Waals surface area contributed by atoms with E-state index in [0.717, 1.165) is 30.4 Å². The third-order valence-electron chi connectivity index (χ3n) is 6.90. The van der Waals surface area contributed by atoms with Crippen molar-refractivity contribution in [2.45, 2.75) is 43.5 Å². The van der Waals surface area contributed by atoms with Crippen molar-refractivity contribution in [3.8, 4) is 11.5 Å². The van der Waals surface area contributed by atoms with E-state index < -0.39 is 10.0 Å². The number of hydrogen-bond acceptors (Lipinski definition) is 8. The summed E-state index contributed by atoms with van der Waals surface area (Å²) in [5.74, 6) is 1.00. The van der Waals surface area contributed by atoms with Gasteiger partial charge < -0.3 is 14.4 Å². The Hall–Kier alpha value is -2.73. The molecule has 0 radical (unpaired) electrons. The first-order chi connectivity index (χ1) is 18.2. The van der Waals surface area contributed by atoms with E-state index >= 15 is 0 Å². The van der Waals surface area contributed by atoms with Crippen molar-refractivity contribution in [1.29, 1.82) is 0 Å². The lowest BCUT2D eigenvalue weighted by molar-refractivity contribution is 0.0985. The fourth-order valence-corrected chi connectivity index (χ4v) is 7.60. The van der Waals surface area contributed by atoms with Gasteiger partial charge in [0.2, 0.25) is 10.0 Å². The minimum Gasteiger partial charge on any atom is -0.495 e. The normalized spacial score (nSPS) is 16.6. The molecule has 206 valence electrons. The summed E-state index contributed by atoms with van der Waals surface area (Å²) >= 11 is 1.36. The van der Waals surface area contributed by atoms with Crippen LogP contribution in [0.4, 0.5) is 5.13 Å². The SMILES string of the molecule is CCC1CCCCN1S(=O)(=O)c1ccc(C(=O)N(CCN(C)C)c2nc3c(OC)ccc(OC)c3s2)cc1. The van der Waals surface area contributed by atoms with Crippen molar-refractivity contribution in [3.63, 3.8) is 0 Å². The number of fused-ring (bicyclic) bond motifs is 1. The lowest BCUT2D eigenvalue weighted by Crippen LogP contribution is -2.43. The van der Waals surface area contributed by atoms with Crippen LogP contribution in [0.1, 0.15) is 43.0 Å². The van der Waals surface area contributed by atoms with Crippen molar-refractivity contribution in [3.05, 3.63) is 42.0 Å². The maximum atomic E-state index is 13.8. The Morgan fingerprint density at radius 2 is 1.74 bits per heavy atom. The second-order valence-corrected chi connectivity index (χ2v) is 12.5. The third kappa shape index (κ3) is 5.66. The summed E-state index contributed by atoms with van der Waals surface area (Å²) in [6.07, 6.45) is 3.58.